The average molecular weight is 449 g/mol. The average Bonchev–Trinajstić information content (AvgIpc) is 2.69. The van der Waals surface area contributed by atoms with Crippen molar-refractivity contribution in [3.8, 4) is 11.5 Å². The molecule has 6 nitrogen and oxygen atoms in total. The van der Waals surface area contributed by atoms with Crippen molar-refractivity contribution in [2.24, 2.45) is 0 Å². The number of ether oxygens (including phenoxy) is 2. The molecular formula is C21H25BrN2O4. The summed E-state index contributed by atoms with van der Waals surface area (Å²) in [6, 6.07) is 12.4. The van der Waals surface area contributed by atoms with Gasteiger partial charge in [-0.25, -0.2) is 0 Å². The fourth-order valence-electron chi connectivity index (χ4n) is 2.29. The van der Waals surface area contributed by atoms with Gasteiger partial charge in [0.15, 0.2) is 6.61 Å². The Morgan fingerprint density at radius 3 is 2.36 bits per heavy atom. The molecule has 2 amide bonds. The number of carbonyl (C=O) groups is 2. The summed E-state index contributed by atoms with van der Waals surface area (Å²) in [6.07, 6.45) is 0.911. The van der Waals surface area contributed by atoms with Gasteiger partial charge in [0.05, 0.1) is 11.1 Å². The first kappa shape index (κ1) is 21.8. The Labute approximate surface area is 173 Å². The molecule has 7 heteroatoms. The maximum atomic E-state index is 12.1. The zero-order valence-corrected chi connectivity index (χ0v) is 17.8. The zero-order chi connectivity index (χ0) is 20.5. The molecule has 0 heterocycles. The van der Waals surface area contributed by atoms with Crippen LogP contribution in [0.2, 0.25) is 0 Å². The van der Waals surface area contributed by atoms with Crippen LogP contribution in [0.5, 0.6) is 11.5 Å². The van der Waals surface area contributed by atoms with Crippen molar-refractivity contribution >= 4 is 27.7 Å². The molecule has 0 aromatic heterocycles. The van der Waals surface area contributed by atoms with Gasteiger partial charge in [0.1, 0.15) is 11.5 Å². The van der Waals surface area contributed by atoms with Gasteiger partial charge in [-0.3, -0.25) is 20.4 Å². The minimum absolute atomic E-state index is 0.219. The Kier molecular flexibility index (Phi) is 8.32. The molecule has 0 spiro atoms. The van der Waals surface area contributed by atoms with Gasteiger partial charge < -0.3 is 9.47 Å². The van der Waals surface area contributed by atoms with Crippen LogP contribution in [-0.4, -0.2) is 25.0 Å². The Balaban J connectivity index is 1.79. The van der Waals surface area contributed by atoms with Gasteiger partial charge >= 0.3 is 0 Å². The van der Waals surface area contributed by atoms with Crippen LogP contribution in [0.3, 0.4) is 0 Å². The minimum Gasteiger partial charge on any atom is -0.494 e. The molecule has 0 radical (unpaired) electrons. The lowest BCUT2D eigenvalue weighted by atomic mass is 10.0. The molecule has 0 aliphatic carbocycles. The van der Waals surface area contributed by atoms with E-state index in [1.807, 2.05) is 25.1 Å². The lowest BCUT2D eigenvalue weighted by molar-refractivity contribution is -0.123. The number of rotatable bonds is 8. The molecule has 0 fully saturated rings. The van der Waals surface area contributed by atoms with Crippen molar-refractivity contribution in [1.29, 1.82) is 0 Å². The molecule has 0 unspecified atom stereocenters. The number of hydrazine groups is 1. The van der Waals surface area contributed by atoms with E-state index in [4.69, 9.17) is 9.47 Å². The molecule has 150 valence electrons. The molecule has 0 atom stereocenters. The second-order valence-electron chi connectivity index (χ2n) is 6.51. The third-order valence-electron chi connectivity index (χ3n) is 3.89. The molecule has 0 saturated carbocycles. The van der Waals surface area contributed by atoms with Gasteiger partial charge in [-0.15, -0.1) is 0 Å². The number of carbonyl (C=O) groups excluding carboxylic acids is 2. The Morgan fingerprint density at radius 2 is 1.75 bits per heavy atom. The van der Waals surface area contributed by atoms with Crippen LogP contribution < -0.4 is 20.3 Å². The minimum atomic E-state index is -0.462. The third kappa shape index (κ3) is 6.56. The van der Waals surface area contributed by atoms with E-state index < -0.39 is 11.8 Å². The van der Waals surface area contributed by atoms with Crippen molar-refractivity contribution < 1.29 is 19.1 Å². The molecule has 2 rings (SSSR count). The highest BCUT2D eigenvalue weighted by Crippen LogP contribution is 2.28. The van der Waals surface area contributed by atoms with Crippen LogP contribution in [0.25, 0.3) is 0 Å². The summed E-state index contributed by atoms with van der Waals surface area (Å²) in [5.41, 5.74) is 6.29. The van der Waals surface area contributed by atoms with Gasteiger partial charge in [0, 0.05) is 5.56 Å². The lowest BCUT2D eigenvalue weighted by Crippen LogP contribution is -2.43. The molecule has 2 N–H and O–H groups in total. The van der Waals surface area contributed by atoms with E-state index in [0.717, 1.165) is 10.9 Å². The topological polar surface area (TPSA) is 76.7 Å². The highest BCUT2D eigenvalue weighted by molar-refractivity contribution is 9.10. The predicted octanol–water partition coefficient (Wildman–Crippen LogP) is 4.20. The highest BCUT2D eigenvalue weighted by atomic mass is 79.9. The van der Waals surface area contributed by atoms with Crippen molar-refractivity contribution in [1.82, 2.24) is 10.9 Å². The summed E-state index contributed by atoms with van der Waals surface area (Å²) in [6.45, 7) is 6.63. The first-order valence-electron chi connectivity index (χ1n) is 9.15. The van der Waals surface area contributed by atoms with Crippen LogP contribution in [0.15, 0.2) is 46.9 Å². The summed E-state index contributed by atoms with van der Waals surface area (Å²) in [5, 5.41) is 0. The SMILES string of the molecule is CCCOc1ccc(C(=O)NNC(=O)COc2ccc(C(C)C)cc2Br)cc1. The number of nitrogens with one attached hydrogen (secondary N) is 2. The molecule has 2 aromatic carbocycles. The highest BCUT2D eigenvalue weighted by Gasteiger charge is 2.10. The Morgan fingerprint density at radius 1 is 1.04 bits per heavy atom. The van der Waals surface area contributed by atoms with Gasteiger partial charge in [-0.05, 0) is 70.2 Å². The first-order chi connectivity index (χ1) is 13.4. The van der Waals surface area contributed by atoms with Gasteiger partial charge in [-0.2, -0.15) is 0 Å². The van der Waals surface area contributed by atoms with Crippen molar-refractivity contribution in [2.45, 2.75) is 33.1 Å². The number of hydrogen-bond acceptors (Lipinski definition) is 4. The van der Waals surface area contributed by atoms with Crippen LogP contribution in [0.4, 0.5) is 0 Å². The summed E-state index contributed by atoms with van der Waals surface area (Å²) < 4.78 is 11.7. The standard InChI is InChI=1S/C21H25BrN2O4/c1-4-11-27-17-8-5-15(6-9-17)21(26)24-23-20(25)13-28-19-10-7-16(14(2)3)12-18(19)22/h5-10,12,14H,4,11,13H2,1-3H3,(H,23,25)(H,24,26). The van der Waals surface area contributed by atoms with Crippen molar-refractivity contribution in [2.75, 3.05) is 13.2 Å². The summed E-state index contributed by atoms with van der Waals surface area (Å²) in [7, 11) is 0. The van der Waals surface area contributed by atoms with E-state index in [9.17, 15) is 9.59 Å². The van der Waals surface area contributed by atoms with Crippen LogP contribution in [-0.2, 0) is 4.79 Å². The predicted molar refractivity (Wildman–Crippen MR) is 112 cm³/mol. The maximum Gasteiger partial charge on any atom is 0.276 e. The second-order valence-corrected chi connectivity index (χ2v) is 7.36. The number of hydrogen-bond donors (Lipinski definition) is 2. The number of halogens is 1. The smallest absolute Gasteiger partial charge is 0.276 e. The Hall–Kier alpha value is -2.54. The van der Waals surface area contributed by atoms with Crippen molar-refractivity contribution in [3.05, 3.63) is 58.1 Å². The summed E-state index contributed by atoms with van der Waals surface area (Å²) >= 11 is 3.44. The second kappa shape index (κ2) is 10.7. The summed E-state index contributed by atoms with van der Waals surface area (Å²) in [4.78, 5) is 24.0. The van der Waals surface area contributed by atoms with Gasteiger partial charge in [-0.1, -0.05) is 26.8 Å². The van der Waals surface area contributed by atoms with Crippen LogP contribution >= 0.6 is 15.9 Å². The largest absolute Gasteiger partial charge is 0.494 e. The fourth-order valence-corrected chi connectivity index (χ4v) is 2.80. The zero-order valence-electron chi connectivity index (χ0n) is 16.3. The van der Waals surface area contributed by atoms with E-state index in [0.29, 0.717) is 29.6 Å². The van der Waals surface area contributed by atoms with E-state index >= 15 is 0 Å². The van der Waals surface area contributed by atoms with Gasteiger partial charge in [0.25, 0.3) is 11.8 Å². The molecule has 0 bridgehead atoms. The Bertz CT molecular complexity index is 807. The fraction of sp³-hybridized carbons (Fsp3) is 0.333. The molecule has 0 saturated heterocycles. The van der Waals surface area contributed by atoms with E-state index in [1.54, 1.807) is 24.3 Å². The lowest BCUT2D eigenvalue weighted by Gasteiger charge is -2.12. The quantitative estimate of drug-likeness (QED) is 0.593. The van der Waals surface area contributed by atoms with Crippen LogP contribution in [0.1, 0.15) is 49.0 Å². The molecule has 2 aromatic rings. The monoisotopic (exact) mass is 448 g/mol. The molecule has 0 aliphatic rings. The molecule has 28 heavy (non-hydrogen) atoms. The van der Waals surface area contributed by atoms with Crippen LogP contribution in [0, 0.1) is 0 Å². The molecular weight excluding hydrogens is 424 g/mol. The van der Waals surface area contributed by atoms with Gasteiger partial charge in [0.2, 0.25) is 0 Å². The maximum absolute atomic E-state index is 12.1. The van der Waals surface area contributed by atoms with Crippen molar-refractivity contribution in [3.63, 3.8) is 0 Å². The third-order valence-corrected chi connectivity index (χ3v) is 4.51. The normalized spacial score (nSPS) is 10.5. The molecule has 0 aliphatic heterocycles. The van der Waals surface area contributed by atoms with E-state index in [1.165, 1.54) is 5.56 Å². The van der Waals surface area contributed by atoms with E-state index in [2.05, 4.69) is 40.6 Å². The first-order valence-corrected chi connectivity index (χ1v) is 9.94. The van der Waals surface area contributed by atoms with E-state index in [-0.39, 0.29) is 6.61 Å². The summed E-state index contributed by atoms with van der Waals surface area (Å²) in [5.74, 6) is 0.781. The number of amides is 2. The number of benzene rings is 2.